The van der Waals surface area contributed by atoms with E-state index in [2.05, 4.69) is 23.2 Å². The first-order valence-corrected chi connectivity index (χ1v) is 8.94. The number of hydrogen-bond donors (Lipinski definition) is 1. The van der Waals surface area contributed by atoms with E-state index in [4.69, 9.17) is 0 Å². The number of aromatic amines is 1. The summed E-state index contributed by atoms with van der Waals surface area (Å²) >= 11 is 0. The van der Waals surface area contributed by atoms with E-state index in [1.54, 1.807) is 13.8 Å². The number of aromatic nitrogens is 1. The maximum atomic E-state index is 12.1. The summed E-state index contributed by atoms with van der Waals surface area (Å²) in [6, 6.07) is 8.53. The standard InChI is InChI=1S/C20H26N2O2/c1-14(23)8-4-3-5-11-19-20-17(12-13-22(19)15(2)24)16-9-6-7-10-18(16)21-20/h6-7,9-10,19,21H,3-5,8,11-13H2,1-2H3. The number of para-hydroxylation sites is 1. The molecule has 1 aliphatic rings. The first kappa shape index (κ1) is 16.7. The Morgan fingerprint density at radius 3 is 2.71 bits per heavy atom. The minimum atomic E-state index is 0.135. The molecule has 2 aromatic rings. The fourth-order valence-electron chi connectivity index (χ4n) is 3.88. The van der Waals surface area contributed by atoms with Crippen LogP contribution in [0.1, 0.15) is 63.3 Å². The molecule has 1 amide bonds. The van der Waals surface area contributed by atoms with Crippen LogP contribution in [0.4, 0.5) is 0 Å². The number of carbonyl (C=O) groups is 2. The molecule has 0 aliphatic carbocycles. The molecule has 3 rings (SSSR count). The third-order valence-corrected chi connectivity index (χ3v) is 5.07. The van der Waals surface area contributed by atoms with Crippen molar-refractivity contribution in [2.45, 2.75) is 58.4 Å². The van der Waals surface area contributed by atoms with Crippen LogP contribution in [-0.2, 0) is 16.0 Å². The Morgan fingerprint density at radius 2 is 1.96 bits per heavy atom. The summed E-state index contributed by atoms with van der Waals surface area (Å²) in [5.41, 5.74) is 3.75. The fraction of sp³-hybridized carbons (Fsp3) is 0.500. The number of amides is 1. The van der Waals surface area contributed by atoms with Gasteiger partial charge >= 0.3 is 0 Å². The van der Waals surface area contributed by atoms with Gasteiger partial charge in [0.1, 0.15) is 5.78 Å². The van der Waals surface area contributed by atoms with Crippen LogP contribution in [0.15, 0.2) is 24.3 Å². The summed E-state index contributed by atoms with van der Waals surface area (Å²) in [5.74, 6) is 0.406. The predicted molar refractivity (Wildman–Crippen MR) is 95.9 cm³/mol. The molecular formula is C20H26N2O2. The van der Waals surface area contributed by atoms with Gasteiger partial charge in [0.2, 0.25) is 5.91 Å². The van der Waals surface area contributed by atoms with Gasteiger partial charge in [-0.2, -0.15) is 0 Å². The molecule has 1 unspecified atom stereocenters. The van der Waals surface area contributed by atoms with Crippen molar-refractivity contribution in [2.24, 2.45) is 0 Å². The second kappa shape index (κ2) is 7.20. The Hall–Kier alpha value is -2.10. The highest BCUT2D eigenvalue weighted by atomic mass is 16.2. The molecule has 0 saturated carbocycles. The van der Waals surface area contributed by atoms with Gasteiger partial charge in [-0.25, -0.2) is 0 Å². The number of hydrogen-bond acceptors (Lipinski definition) is 2. The van der Waals surface area contributed by atoms with Crippen LogP contribution in [0.5, 0.6) is 0 Å². The summed E-state index contributed by atoms with van der Waals surface area (Å²) in [7, 11) is 0. The highest BCUT2D eigenvalue weighted by Gasteiger charge is 2.31. The van der Waals surface area contributed by atoms with Gasteiger partial charge in [-0.1, -0.05) is 31.0 Å². The molecule has 2 heterocycles. The normalized spacial score (nSPS) is 17.1. The molecule has 4 heteroatoms. The summed E-state index contributed by atoms with van der Waals surface area (Å²) in [5, 5.41) is 1.29. The van der Waals surface area contributed by atoms with Crippen molar-refractivity contribution >= 4 is 22.6 Å². The van der Waals surface area contributed by atoms with Gasteiger partial charge in [-0.3, -0.25) is 4.79 Å². The second-order valence-corrected chi connectivity index (χ2v) is 6.84. The minimum Gasteiger partial charge on any atom is -0.356 e. The number of rotatable bonds is 6. The Bertz CT molecular complexity index is 747. The first-order valence-electron chi connectivity index (χ1n) is 8.94. The van der Waals surface area contributed by atoms with Crippen molar-refractivity contribution in [1.29, 1.82) is 0 Å². The van der Waals surface area contributed by atoms with E-state index in [-0.39, 0.29) is 17.7 Å². The average molecular weight is 326 g/mol. The Balaban J connectivity index is 1.79. The SMILES string of the molecule is CC(=O)CCCCCC1c2[nH]c3ccccc3c2CCN1C(C)=O. The topological polar surface area (TPSA) is 53.2 Å². The molecule has 24 heavy (non-hydrogen) atoms. The maximum Gasteiger partial charge on any atom is 0.220 e. The molecule has 4 nitrogen and oxygen atoms in total. The van der Waals surface area contributed by atoms with Crippen molar-refractivity contribution in [3.63, 3.8) is 0 Å². The van der Waals surface area contributed by atoms with Crippen LogP contribution in [0.25, 0.3) is 10.9 Å². The number of carbonyl (C=O) groups excluding carboxylic acids is 2. The van der Waals surface area contributed by atoms with E-state index in [1.807, 2.05) is 11.0 Å². The van der Waals surface area contributed by atoms with Crippen molar-refractivity contribution in [2.75, 3.05) is 6.54 Å². The van der Waals surface area contributed by atoms with E-state index >= 15 is 0 Å². The molecular weight excluding hydrogens is 300 g/mol. The monoisotopic (exact) mass is 326 g/mol. The first-order chi connectivity index (χ1) is 11.6. The molecule has 1 N–H and O–H groups in total. The van der Waals surface area contributed by atoms with Crippen LogP contribution in [-0.4, -0.2) is 28.1 Å². The van der Waals surface area contributed by atoms with Crippen molar-refractivity contribution in [1.82, 2.24) is 9.88 Å². The molecule has 0 bridgehead atoms. The Kier molecular flexibility index (Phi) is 5.03. The molecule has 0 fully saturated rings. The van der Waals surface area contributed by atoms with Crippen LogP contribution < -0.4 is 0 Å². The van der Waals surface area contributed by atoms with Gasteiger partial charge in [0.15, 0.2) is 0 Å². The quantitative estimate of drug-likeness (QED) is 0.811. The molecule has 128 valence electrons. The average Bonchev–Trinajstić information content (AvgIpc) is 2.93. The summed E-state index contributed by atoms with van der Waals surface area (Å²) < 4.78 is 0. The molecule has 0 saturated heterocycles. The predicted octanol–water partition coefficient (Wildman–Crippen LogP) is 4.15. The number of nitrogens with one attached hydrogen (secondary N) is 1. The van der Waals surface area contributed by atoms with Crippen LogP contribution in [0, 0.1) is 0 Å². The third-order valence-electron chi connectivity index (χ3n) is 5.07. The second-order valence-electron chi connectivity index (χ2n) is 6.84. The summed E-state index contributed by atoms with van der Waals surface area (Å²) in [6.07, 6.45) is 5.56. The smallest absolute Gasteiger partial charge is 0.220 e. The van der Waals surface area contributed by atoms with Crippen molar-refractivity contribution < 1.29 is 9.59 Å². The lowest BCUT2D eigenvalue weighted by molar-refractivity contribution is -0.132. The van der Waals surface area contributed by atoms with Crippen molar-refractivity contribution in [3.05, 3.63) is 35.5 Å². The van der Waals surface area contributed by atoms with E-state index in [0.29, 0.717) is 6.42 Å². The number of Topliss-reactive ketones (excluding diaryl/α,β-unsaturated/α-hetero) is 1. The van der Waals surface area contributed by atoms with E-state index in [1.165, 1.54) is 16.6 Å². The molecule has 1 aromatic heterocycles. The molecule has 1 aromatic carbocycles. The lowest BCUT2D eigenvalue weighted by Crippen LogP contribution is -2.38. The highest BCUT2D eigenvalue weighted by molar-refractivity contribution is 5.86. The van der Waals surface area contributed by atoms with Crippen LogP contribution in [0.2, 0.25) is 0 Å². The van der Waals surface area contributed by atoms with Crippen molar-refractivity contribution in [3.8, 4) is 0 Å². The number of nitrogens with zero attached hydrogens (tertiary/aromatic N) is 1. The number of ketones is 1. The van der Waals surface area contributed by atoms with E-state index in [0.717, 1.165) is 44.2 Å². The maximum absolute atomic E-state index is 12.1. The summed E-state index contributed by atoms with van der Waals surface area (Å²) in [6.45, 7) is 4.11. The van der Waals surface area contributed by atoms with Gasteiger partial charge in [0.05, 0.1) is 6.04 Å². The molecule has 1 aliphatic heterocycles. The summed E-state index contributed by atoms with van der Waals surface area (Å²) in [4.78, 5) is 28.7. The largest absolute Gasteiger partial charge is 0.356 e. The number of H-pyrrole nitrogens is 1. The number of unbranched alkanes of at least 4 members (excludes halogenated alkanes) is 2. The fourth-order valence-corrected chi connectivity index (χ4v) is 3.88. The van der Waals surface area contributed by atoms with Gasteiger partial charge in [0, 0.05) is 36.5 Å². The van der Waals surface area contributed by atoms with Crippen LogP contribution >= 0.6 is 0 Å². The Labute approximate surface area is 143 Å². The lowest BCUT2D eigenvalue weighted by Gasteiger charge is -2.35. The van der Waals surface area contributed by atoms with Crippen LogP contribution in [0.3, 0.4) is 0 Å². The zero-order valence-corrected chi connectivity index (χ0v) is 14.6. The number of fused-ring (bicyclic) bond motifs is 3. The highest BCUT2D eigenvalue weighted by Crippen LogP contribution is 2.37. The third kappa shape index (κ3) is 3.37. The zero-order chi connectivity index (χ0) is 17.1. The molecule has 0 radical (unpaired) electrons. The van der Waals surface area contributed by atoms with Gasteiger partial charge < -0.3 is 14.7 Å². The van der Waals surface area contributed by atoms with Gasteiger partial charge in [0.25, 0.3) is 0 Å². The van der Waals surface area contributed by atoms with E-state index in [9.17, 15) is 9.59 Å². The minimum absolute atomic E-state index is 0.135. The molecule has 0 spiro atoms. The van der Waals surface area contributed by atoms with Gasteiger partial charge in [-0.05, 0) is 37.8 Å². The zero-order valence-electron chi connectivity index (χ0n) is 14.6. The number of benzene rings is 1. The molecule has 1 atom stereocenters. The van der Waals surface area contributed by atoms with Gasteiger partial charge in [-0.15, -0.1) is 0 Å². The lowest BCUT2D eigenvalue weighted by atomic mass is 9.93. The Morgan fingerprint density at radius 1 is 1.17 bits per heavy atom. The van der Waals surface area contributed by atoms with E-state index < -0.39 is 0 Å².